The molecular formula is C19H23NO4. The van der Waals surface area contributed by atoms with Crippen LogP contribution >= 0.6 is 0 Å². The first-order valence-corrected chi connectivity index (χ1v) is 8.63. The van der Waals surface area contributed by atoms with Crippen molar-refractivity contribution in [3.05, 3.63) is 39.7 Å². The molecule has 1 aliphatic carbocycles. The Hall–Kier alpha value is -2.30. The van der Waals surface area contributed by atoms with Crippen molar-refractivity contribution >= 4 is 16.9 Å². The van der Waals surface area contributed by atoms with Crippen LogP contribution in [0.25, 0.3) is 11.0 Å². The van der Waals surface area contributed by atoms with Gasteiger partial charge in [-0.05, 0) is 49.8 Å². The molecule has 5 nitrogen and oxygen atoms in total. The highest BCUT2D eigenvalue weighted by molar-refractivity contribution is 5.83. The minimum absolute atomic E-state index is 0.0445. The van der Waals surface area contributed by atoms with E-state index in [2.05, 4.69) is 5.32 Å². The Morgan fingerprint density at radius 1 is 1.25 bits per heavy atom. The zero-order chi connectivity index (χ0) is 17.1. The van der Waals surface area contributed by atoms with E-state index < -0.39 is 0 Å². The molecule has 128 valence electrons. The first-order chi connectivity index (χ1) is 11.6. The predicted molar refractivity (Wildman–Crippen MR) is 92.5 cm³/mol. The molecule has 0 unspecified atom stereocenters. The van der Waals surface area contributed by atoms with Crippen molar-refractivity contribution in [3.8, 4) is 5.75 Å². The van der Waals surface area contributed by atoms with Gasteiger partial charge in [-0.1, -0.05) is 13.8 Å². The van der Waals surface area contributed by atoms with Crippen molar-refractivity contribution in [2.24, 2.45) is 0 Å². The molecule has 1 heterocycles. The maximum Gasteiger partial charge on any atom is 0.339 e. The van der Waals surface area contributed by atoms with Crippen molar-refractivity contribution in [2.75, 3.05) is 6.61 Å². The summed E-state index contributed by atoms with van der Waals surface area (Å²) in [6, 6.07) is 5.61. The topological polar surface area (TPSA) is 68.5 Å². The Morgan fingerprint density at radius 3 is 2.75 bits per heavy atom. The molecule has 1 amide bonds. The summed E-state index contributed by atoms with van der Waals surface area (Å²) in [5, 5.41) is 3.90. The number of amides is 1. The van der Waals surface area contributed by atoms with Crippen LogP contribution in [0.1, 0.15) is 44.2 Å². The van der Waals surface area contributed by atoms with Crippen LogP contribution in [0.2, 0.25) is 0 Å². The van der Waals surface area contributed by atoms with Gasteiger partial charge in [0.1, 0.15) is 11.3 Å². The van der Waals surface area contributed by atoms with Crippen molar-refractivity contribution in [3.63, 3.8) is 0 Å². The zero-order valence-electron chi connectivity index (χ0n) is 14.2. The third-order valence-corrected chi connectivity index (χ3v) is 4.67. The number of nitrogens with one attached hydrogen (secondary N) is 1. The minimum Gasteiger partial charge on any atom is -0.484 e. The van der Waals surface area contributed by atoms with E-state index in [9.17, 15) is 9.59 Å². The standard InChI is InChI=1S/C19H23NO4/c1-3-12(4-2)20-18(21)11-23-13-8-9-15-14-6-5-7-16(14)19(22)24-17(15)10-13/h8-10,12H,3-7,11H2,1-2H3,(H,20,21). The number of ether oxygens (including phenoxy) is 1. The van der Waals surface area contributed by atoms with Gasteiger partial charge >= 0.3 is 5.63 Å². The predicted octanol–water partition coefficient (Wildman–Crippen LogP) is 2.97. The van der Waals surface area contributed by atoms with Gasteiger partial charge in [-0.3, -0.25) is 4.79 Å². The molecule has 0 aliphatic heterocycles. The zero-order valence-corrected chi connectivity index (χ0v) is 14.2. The van der Waals surface area contributed by atoms with Crippen LogP contribution in [0.15, 0.2) is 27.4 Å². The molecule has 1 aromatic carbocycles. The van der Waals surface area contributed by atoms with Gasteiger partial charge < -0.3 is 14.5 Å². The largest absolute Gasteiger partial charge is 0.484 e. The van der Waals surface area contributed by atoms with Gasteiger partial charge in [-0.15, -0.1) is 0 Å². The summed E-state index contributed by atoms with van der Waals surface area (Å²) >= 11 is 0. The number of fused-ring (bicyclic) bond motifs is 3. The highest BCUT2D eigenvalue weighted by Crippen LogP contribution is 2.29. The van der Waals surface area contributed by atoms with E-state index in [0.717, 1.165) is 48.6 Å². The summed E-state index contributed by atoms with van der Waals surface area (Å²) in [4.78, 5) is 23.9. The lowest BCUT2D eigenvalue weighted by molar-refractivity contribution is -0.123. The molecule has 3 rings (SSSR count). The number of rotatable bonds is 6. The Labute approximate surface area is 141 Å². The van der Waals surface area contributed by atoms with Gasteiger partial charge in [-0.25, -0.2) is 4.79 Å². The van der Waals surface area contributed by atoms with E-state index >= 15 is 0 Å². The molecule has 0 radical (unpaired) electrons. The molecule has 5 heteroatoms. The third kappa shape index (κ3) is 3.30. The SMILES string of the molecule is CCC(CC)NC(=O)COc1ccc2c3c(c(=O)oc2c1)CCC3. The van der Waals surface area contributed by atoms with Crippen LogP contribution in [0, 0.1) is 0 Å². The van der Waals surface area contributed by atoms with Crippen LogP contribution in [0.3, 0.4) is 0 Å². The molecule has 2 aromatic rings. The highest BCUT2D eigenvalue weighted by atomic mass is 16.5. The average Bonchev–Trinajstić information content (AvgIpc) is 3.08. The van der Waals surface area contributed by atoms with Crippen LogP contribution in [0.5, 0.6) is 5.75 Å². The van der Waals surface area contributed by atoms with E-state index in [1.807, 2.05) is 26.0 Å². The van der Waals surface area contributed by atoms with Crippen LogP contribution in [-0.2, 0) is 17.6 Å². The number of carbonyl (C=O) groups is 1. The number of hydrogen-bond acceptors (Lipinski definition) is 4. The fourth-order valence-corrected chi connectivity index (χ4v) is 3.26. The molecule has 1 N–H and O–H groups in total. The lowest BCUT2D eigenvalue weighted by Crippen LogP contribution is -2.37. The number of benzene rings is 1. The monoisotopic (exact) mass is 329 g/mol. The summed E-state index contributed by atoms with van der Waals surface area (Å²) in [6.07, 6.45) is 4.49. The van der Waals surface area contributed by atoms with E-state index in [4.69, 9.17) is 9.15 Å². The molecule has 0 fully saturated rings. The number of aryl methyl sites for hydroxylation is 1. The van der Waals surface area contributed by atoms with Crippen molar-refractivity contribution in [1.29, 1.82) is 0 Å². The Bertz CT molecular complexity index is 805. The summed E-state index contributed by atoms with van der Waals surface area (Å²) in [6.45, 7) is 4.04. The van der Waals surface area contributed by atoms with Gasteiger partial charge in [0.25, 0.3) is 5.91 Å². The van der Waals surface area contributed by atoms with E-state index in [-0.39, 0.29) is 24.2 Å². The summed E-state index contributed by atoms with van der Waals surface area (Å²) in [5.41, 5.74) is 2.18. The Kier molecular flexibility index (Phi) is 4.88. The second kappa shape index (κ2) is 7.07. The van der Waals surface area contributed by atoms with Crippen LogP contribution in [0.4, 0.5) is 0 Å². The molecule has 1 aliphatic rings. The fraction of sp³-hybridized carbons (Fsp3) is 0.474. The van der Waals surface area contributed by atoms with Gasteiger partial charge in [0.15, 0.2) is 6.61 Å². The average molecular weight is 329 g/mol. The van der Waals surface area contributed by atoms with Gasteiger partial charge in [0, 0.05) is 23.1 Å². The van der Waals surface area contributed by atoms with E-state index in [1.165, 1.54) is 0 Å². The molecule has 0 spiro atoms. The molecule has 0 bridgehead atoms. The molecule has 0 saturated heterocycles. The fourth-order valence-electron chi connectivity index (χ4n) is 3.26. The molecule has 0 saturated carbocycles. The number of hydrogen-bond donors (Lipinski definition) is 1. The molecule has 24 heavy (non-hydrogen) atoms. The smallest absolute Gasteiger partial charge is 0.339 e. The van der Waals surface area contributed by atoms with Crippen LogP contribution < -0.4 is 15.7 Å². The van der Waals surface area contributed by atoms with Gasteiger partial charge in [-0.2, -0.15) is 0 Å². The van der Waals surface area contributed by atoms with Gasteiger partial charge in [0.05, 0.1) is 0 Å². The summed E-state index contributed by atoms with van der Waals surface area (Å²) in [5.74, 6) is 0.391. The van der Waals surface area contributed by atoms with E-state index in [1.54, 1.807) is 6.07 Å². The minimum atomic E-state index is -0.251. The Morgan fingerprint density at radius 2 is 2.00 bits per heavy atom. The summed E-state index contributed by atoms with van der Waals surface area (Å²) in [7, 11) is 0. The quantitative estimate of drug-likeness (QED) is 0.827. The third-order valence-electron chi connectivity index (χ3n) is 4.67. The maximum atomic E-state index is 12.0. The van der Waals surface area contributed by atoms with Crippen molar-refractivity contribution in [1.82, 2.24) is 5.32 Å². The summed E-state index contributed by atoms with van der Waals surface area (Å²) < 4.78 is 11.0. The first kappa shape index (κ1) is 16.6. The lowest BCUT2D eigenvalue weighted by Gasteiger charge is -2.15. The van der Waals surface area contributed by atoms with E-state index in [0.29, 0.717) is 11.3 Å². The van der Waals surface area contributed by atoms with Crippen molar-refractivity contribution < 1.29 is 13.9 Å². The molecule has 0 atom stereocenters. The Balaban J connectivity index is 1.74. The normalized spacial score (nSPS) is 13.3. The number of carbonyl (C=O) groups excluding carboxylic acids is 1. The van der Waals surface area contributed by atoms with Gasteiger partial charge in [0.2, 0.25) is 0 Å². The van der Waals surface area contributed by atoms with Crippen LogP contribution in [-0.4, -0.2) is 18.6 Å². The highest BCUT2D eigenvalue weighted by Gasteiger charge is 2.19. The molecule has 1 aromatic heterocycles. The maximum absolute atomic E-state index is 12.0. The lowest BCUT2D eigenvalue weighted by atomic mass is 10.1. The first-order valence-electron chi connectivity index (χ1n) is 8.63. The second-order valence-corrected chi connectivity index (χ2v) is 6.23. The second-order valence-electron chi connectivity index (χ2n) is 6.23. The molecular weight excluding hydrogens is 306 g/mol. The van der Waals surface area contributed by atoms with Crippen molar-refractivity contribution in [2.45, 2.75) is 52.0 Å².